The van der Waals surface area contributed by atoms with Crippen molar-refractivity contribution in [2.24, 2.45) is 5.73 Å². The van der Waals surface area contributed by atoms with E-state index in [1.165, 1.54) is 0 Å². The first-order chi connectivity index (χ1) is 10.8. The van der Waals surface area contributed by atoms with E-state index in [4.69, 9.17) is 10.2 Å². The van der Waals surface area contributed by atoms with Crippen LogP contribution in [0.1, 0.15) is 44.5 Å². The van der Waals surface area contributed by atoms with E-state index >= 15 is 0 Å². The highest BCUT2D eigenvalue weighted by Gasteiger charge is 2.24. The molecule has 6 heteroatoms. The van der Waals surface area contributed by atoms with Crippen molar-refractivity contribution in [3.8, 4) is 0 Å². The highest BCUT2D eigenvalue weighted by Crippen LogP contribution is 2.24. The smallest absolute Gasteiger partial charge is 0.223 e. The first kappa shape index (κ1) is 17.9. The first-order valence-corrected chi connectivity index (χ1v) is 8.48. The number of piperazine rings is 1. The van der Waals surface area contributed by atoms with Crippen molar-refractivity contribution in [1.29, 1.82) is 0 Å². The maximum Gasteiger partial charge on any atom is 0.223 e. The van der Waals surface area contributed by atoms with Crippen LogP contribution < -0.4 is 5.73 Å². The van der Waals surface area contributed by atoms with E-state index < -0.39 is 0 Å². The summed E-state index contributed by atoms with van der Waals surface area (Å²) in [6.45, 7) is 13.2. The number of rotatable bonds is 5. The molecule has 1 aliphatic heterocycles. The second-order valence-electron chi connectivity index (χ2n) is 7.29. The van der Waals surface area contributed by atoms with Crippen molar-refractivity contribution < 1.29 is 9.21 Å². The van der Waals surface area contributed by atoms with Crippen molar-refractivity contribution in [1.82, 2.24) is 14.8 Å². The van der Waals surface area contributed by atoms with Gasteiger partial charge in [0, 0.05) is 57.5 Å². The lowest BCUT2D eigenvalue weighted by molar-refractivity contribution is -0.132. The number of hydrogen-bond acceptors (Lipinski definition) is 5. The molecule has 1 fully saturated rings. The molecule has 0 spiro atoms. The molecule has 1 aromatic rings. The minimum Gasteiger partial charge on any atom is -0.445 e. The third-order valence-electron chi connectivity index (χ3n) is 4.27. The number of carbonyl (C=O) groups is 1. The largest absolute Gasteiger partial charge is 0.445 e. The Morgan fingerprint density at radius 3 is 2.43 bits per heavy atom. The van der Waals surface area contributed by atoms with Crippen LogP contribution in [0, 0.1) is 6.92 Å². The molecule has 0 aromatic carbocycles. The Hall–Kier alpha value is -1.40. The van der Waals surface area contributed by atoms with Crippen LogP contribution in [0.15, 0.2) is 4.42 Å². The molecule has 0 aliphatic carbocycles. The predicted molar refractivity (Wildman–Crippen MR) is 90.3 cm³/mol. The predicted octanol–water partition coefficient (Wildman–Crippen LogP) is 1.32. The summed E-state index contributed by atoms with van der Waals surface area (Å²) in [4.78, 5) is 21.1. The molecule has 23 heavy (non-hydrogen) atoms. The van der Waals surface area contributed by atoms with Gasteiger partial charge in [0.05, 0.1) is 5.69 Å². The Morgan fingerprint density at radius 1 is 1.26 bits per heavy atom. The third kappa shape index (κ3) is 4.78. The fourth-order valence-corrected chi connectivity index (χ4v) is 2.76. The van der Waals surface area contributed by atoms with E-state index in [1.54, 1.807) is 0 Å². The molecule has 2 N–H and O–H groups in total. The van der Waals surface area contributed by atoms with Gasteiger partial charge in [0.25, 0.3) is 0 Å². The summed E-state index contributed by atoms with van der Waals surface area (Å²) in [5.74, 6) is 1.78. The molecule has 2 heterocycles. The van der Waals surface area contributed by atoms with Crippen LogP contribution in [0.25, 0.3) is 0 Å². The number of carbonyl (C=O) groups excluding carboxylic acids is 1. The molecular formula is C17H30N4O2. The Bertz CT molecular complexity index is 525. The molecule has 0 radical (unpaired) electrons. The van der Waals surface area contributed by atoms with Gasteiger partial charge < -0.3 is 15.1 Å². The van der Waals surface area contributed by atoms with E-state index in [-0.39, 0.29) is 11.3 Å². The second-order valence-corrected chi connectivity index (χ2v) is 7.29. The van der Waals surface area contributed by atoms with Crippen molar-refractivity contribution in [2.75, 3.05) is 39.3 Å². The van der Waals surface area contributed by atoms with Crippen LogP contribution in [-0.4, -0.2) is 60.0 Å². The fourth-order valence-electron chi connectivity index (χ4n) is 2.76. The van der Waals surface area contributed by atoms with Crippen LogP contribution in [0.5, 0.6) is 0 Å². The lowest BCUT2D eigenvalue weighted by Crippen LogP contribution is -2.49. The molecule has 6 nitrogen and oxygen atoms in total. The molecule has 1 aromatic heterocycles. The number of aryl methyl sites for hydroxylation is 2. The molecule has 1 aliphatic rings. The van der Waals surface area contributed by atoms with Gasteiger partial charge >= 0.3 is 0 Å². The van der Waals surface area contributed by atoms with E-state index in [0.717, 1.165) is 50.1 Å². The molecule has 0 saturated carbocycles. The third-order valence-corrected chi connectivity index (χ3v) is 4.27. The minimum atomic E-state index is -0.105. The molecule has 130 valence electrons. The van der Waals surface area contributed by atoms with Crippen molar-refractivity contribution >= 4 is 5.91 Å². The zero-order chi connectivity index (χ0) is 17.0. The van der Waals surface area contributed by atoms with Gasteiger partial charge in [0.2, 0.25) is 5.91 Å². The first-order valence-electron chi connectivity index (χ1n) is 8.48. The zero-order valence-electron chi connectivity index (χ0n) is 14.9. The van der Waals surface area contributed by atoms with Crippen LogP contribution >= 0.6 is 0 Å². The van der Waals surface area contributed by atoms with Gasteiger partial charge in [0.15, 0.2) is 5.89 Å². The van der Waals surface area contributed by atoms with Crippen LogP contribution in [-0.2, 0) is 16.6 Å². The van der Waals surface area contributed by atoms with Crippen LogP contribution in [0.2, 0.25) is 0 Å². The molecule has 1 saturated heterocycles. The van der Waals surface area contributed by atoms with Gasteiger partial charge in [-0.2, -0.15) is 0 Å². The number of hydrogen-bond donors (Lipinski definition) is 1. The summed E-state index contributed by atoms with van der Waals surface area (Å²) in [7, 11) is 0. The van der Waals surface area contributed by atoms with Gasteiger partial charge in [-0.3, -0.25) is 9.69 Å². The average Bonchev–Trinajstić information content (AvgIpc) is 2.87. The van der Waals surface area contributed by atoms with E-state index in [2.05, 4.69) is 30.7 Å². The van der Waals surface area contributed by atoms with Crippen LogP contribution in [0.4, 0.5) is 0 Å². The summed E-state index contributed by atoms with van der Waals surface area (Å²) >= 11 is 0. The topological polar surface area (TPSA) is 75.6 Å². The monoisotopic (exact) mass is 322 g/mol. The maximum atomic E-state index is 12.4. The highest BCUT2D eigenvalue weighted by molar-refractivity contribution is 5.76. The Labute approximate surface area is 139 Å². The lowest BCUT2D eigenvalue weighted by atomic mass is 9.97. The summed E-state index contributed by atoms with van der Waals surface area (Å²) in [6.07, 6.45) is 1.10. The summed E-state index contributed by atoms with van der Waals surface area (Å²) in [5, 5.41) is 0. The second kappa shape index (κ2) is 7.45. The SMILES string of the molecule is Cc1nc(C(C)(C)C)oc1CCC(=O)N1CCN(CCN)CC1. The van der Waals surface area contributed by atoms with Crippen molar-refractivity contribution in [3.05, 3.63) is 17.3 Å². The molecule has 0 unspecified atom stereocenters. The number of nitrogens with zero attached hydrogens (tertiary/aromatic N) is 3. The minimum absolute atomic E-state index is 0.105. The van der Waals surface area contributed by atoms with Gasteiger partial charge in [-0.15, -0.1) is 0 Å². The normalized spacial score (nSPS) is 16.8. The van der Waals surface area contributed by atoms with E-state index in [0.29, 0.717) is 19.4 Å². The Balaban J connectivity index is 1.84. The van der Waals surface area contributed by atoms with E-state index in [1.807, 2.05) is 11.8 Å². The van der Waals surface area contributed by atoms with Gasteiger partial charge in [-0.1, -0.05) is 20.8 Å². The van der Waals surface area contributed by atoms with Crippen LogP contribution in [0.3, 0.4) is 0 Å². The highest BCUT2D eigenvalue weighted by atomic mass is 16.4. The van der Waals surface area contributed by atoms with E-state index in [9.17, 15) is 4.79 Å². The number of oxazole rings is 1. The molecule has 2 rings (SSSR count). The van der Waals surface area contributed by atoms with Crippen molar-refractivity contribution in [2.45, 2.75) is 46.0 Å². The zero-order valence-corrected chi connectivity index (χ0v) is 14.9. The maximum absolute atomic E-state index is 12.4. The molecule has 1 amide bonds. The van der Waals surface area contributed by atoms with Gasteiger partial charge in [-0.05, 0) is 6.92 Å². The molecule has 0 bridgehead atoms. The quantitative estimate of drug-likeness (QED) is 0.885. The summed E-state index contributed by atoms with van der Waals surface area (Å²) in [5.41, 5.74) is 6.37. The number of amides is 1. The summed E-state index contributed by atoms with van der Waals surface area (Å²) in [6, 6.07) is 0. The Kier molecular flexibility index (Phi) is 5.81. The molecule has 0 atom stereocenters. The van der Waals surface area contributed by atoms with Crippen molar-refractivity contribution in [3.63, 3.8) is 0 Å². The lowest BCUT2D eigenvalue weighted by Gasteiger charge is -2.34. The Morgan fingerprint density at radius 2 is 1.91 bits per heavy atom. The van der Waals surface area contributed by atoms with Gasteiger partial charge in [-0.25, -0.2) is 4.98 Å². The molecular weight excluding hydrogens is 292 g/mol. The standard InChI is InChI=1S/C17H30N4O2/c1-13-14(23-16(19-13)17(2,3)4)5-6-15(22)21-11-9-20(8-7-18)10-12-21/h5-12,18H2,1-4H3. The fraction of sp³-hybridized carbons (Fsp3) is 0.765. The number of aromatic nitrogens is 1. The summed E-state index contributed by atoms with van der Waals surface area (Å²) < 4.78 is 5.86. The average molecular weight is 322 g/mol. The van der Waals surface area contributed by atoms with Gasteiger partial charge in [0.1, 0.15) is 5.76 Å². The number of nitrogens with two attached hydrogens (primary N) is 1.